The first-order valence-corrected chi connectivity index (χ1v) is 11.4. The molecule has 3 aromatic carbocycles. The molecule has 0 unspecified atom stereocenters. The summed E-state index contributed by atoms with van der Waals surface area (Å²) in [5.74, 6) is 0.295. The predicted molar refractivity (Wildman–Crippen MR) is 118 cm³/mol. The first-order valence-electron chi connectivity index (χ1n) is 9.17. The number of hydrogen-bond acceptors (Lipinski definition) is 5. The zero-order valence-corrected chi connectivity index (χ0v) is 18.6. The van der Waals surface area contributed by atoms with Crippen LogP contribution in [0.3, 0.4) is 0 Å². The van der Waals surface area contributed by atoms with E-state index in [0.717, 1.165) is 4.31 Å². The van der Waals surface area contributed by atoms with Gasteiger partial charge in [0.2, 0.25) is 0 Å². The van der Waals surface area contributed by atoms with Gasteiger partial charge in [0.1, 0.15) is 11.5 Å². The number of nitrogens with zero attached hydrogens (tertiary/aromatic N) is 1. The van der Waals surface area contributed by atoms with E-state index in [0.29, 0.717) is 22.6 Å². The second kappa shape index (κ2) is 9.77. The van der Waals surface area contributed by atoms with Gasteiger partial charge in [-0.15, -0.1) is 0 Å². The summed E-state index contributed by atoms with van der Waals surface area (Å²) in [7, 11) is -4.14. The van der Waals surface area contributed by atoms with E-state index < -0.39 is 22.5 Å². The molecule has 156 valence electrons. The van der Waals surface area contributed by atoms with E-state index in [1.807, 2.05) is 13.0 Å². The van der Waals surface area contributed by atoms with Crippen molar-refractivity contribution in [2.24, 2.45) is 0 Å². The van der Waals surface area contributed by atoms with Crippen molar-refractivity contribution in [2.45, 2.75) is 11.8 Å². The second-order valence-corrected chi connectivity index (χ2v) is 8.76. The van der Waals surface area contributed by atoms with Crippen molar-refractivity contribution in [3.63, 3.8) is 0 Å². The quantitative estimate of drug-likeness (QED) is 0.460. The van der Waals surface area contributed by atoms with Crippen molar-refractivity contribution in [1.82, 2.24) is 0 Å². The molecular formula is C22H20BrNO5S. The van der Waals surface area contributed by atoms with Gasteiger partial charge in [-0.25, -0.2) is 8.42 Å². The van der Waals surface area contributed by atoms with E-state index in [-0.39, 0.29) is 10.6 Å². The fourth-order valence-electron chi connectivity index (χ4n) is 2.72. The highest BCUT2D eigenvalue weighted by atomic mass is 79.9. The van der Waals surface area contributed by atoms with Crippen molar-refractivity contribution < 1.29 is 22.7 Å². The lowest BCUT2D eigenvalue weighted by Crippen LogP contribution is -2.40. The van der Waals surface area contributed by atoms with Crippen LogP contribution < -0.4 is 13.8 Å². The number of benzene rings is 3. The number of carbonyl (C=O) groups excluding carboxylic acids is 1. The highest BCUT2D eigenvalue weighted by molar-refractivity contribution is 9.10. The molecule has 6 nitrogen and oxygen atoms in total. The van der Waals surface area contributed by atoms with Crippen molar-refractivity contribution >= 4 is 37.5 Å². The maximum atomic E-state index is 13.3. The van der Waals surface area contributed by atoms with E-state index in [1.165, 1.54) is 24.3 Å². The van der Waals surface area contributed by atoms with E-state index in [1.54, 1.807) is 48.5 Å². The van der Waals surface area contributed by atoms with Gasteiger partial charge in [0.15, 0.2) is 6.61 Å². The molecule has 0 atom stereocenters. The predicted octanol–water partition coefficient (Wildman–Crippen LogP) is 4.65. The SMILES string of the molecule is CCOc1ccc(N(C(=O)COc2ccccc2Br)S(=O)(=O)c2ccccc2)cc1. The molecule has 3 rings (SSSR count). The average Bonchev–Trinajstić information content (AvgIpc) is 2.75. The molecule has 1 amide bonds. The molecule has 0 N–H and O–H groups in total. The number of halogens is 1. The minimum Gasteiger partial charge on any atom is -0.494 e. The Kier molecular flexibility index (Phi) is 7.12. The molecule has 0 bridgehead atoms. The molecular weight excluding hydrogens is 470 g/mol. The summed E-state index contributed by atoms with van der Waals surface area (Å²) in [6.45, 7) is 1.87. The number of para-hydroxylation sites is 1. The summed E-state index contributed by atoms with van der Waals surface area (Å²) in [4.78, 5) is 13.0. The van der Waals surface area contributed by atoms with Crippen LogP contribution in [0.4, 0.5) is 5.69 Å². The molecule has 3 aromatic rings. The highest BCUT2D eigenvalue weighted by Gasteiger charge is 2.31. The largest absolute Gasteiger partial charge is 0.494 e. The summed E-state index contributed by atoms with van der Waals surface area (Å²) in [6, 6.07) is 21.1. The Balaban J connectivity index is 1.94. The first kappa shape index (κ1) is 21.9. The molecule has 8 heteroatoms. The Morgan fingerprint density at radius 2 is 1.53 bits per heavy atom. The number of amides is 1. The third-order valence-electron chi connectivity index (χ3n) is 4.08. The second-order valence-electron chi connectivity index (χ2n) is 6.12. The number of hydrogen-bond donors (Lipinski definition) is 0. The smallest absolute Gasteiger partial charge is 0.278 e. The molecule has 0 aliphatic rings. The summed E-state index contributed by atoms with van der Waals surface area (Å²) in [6.07, 6.45) is 0. The van der Waals surface area contributed by atoms with Crippen LogP contribution in [0.15, 0.2) is 88.2 Å². The number of anilines is 1. The first-order chi connectivity index (χ1) is 14.4. The zero-order valence-electron chi connectivity index (χ0n) is 16.2. The van der Waals surface area contributed by atoms with Gasteiger partial charge in [-0.2, -0.15) is 4.31 Å². The van der Waals surface area contributed by atoms with Crippen LogP contribution in [0.5, 0.6) is 11.5 Å². The van der Waals surface area contributed by atoms with Gasteiger partial charge in [0.05, 0.1) is 21.7 Å². The van der Waals surface area contributed by atoms with Crippen LogP contribution in [0.1, 0.15) is 6.92 Å². The van der Waals surface area contributed by atoms with Gasteiger partial charge in [0.25, 0.3) is 15.9 Å². The van der Waals surface area contributed by atoms with Crippen molar-refractivity contribution in [3.05, 3.63) is 83.3 Å². The van der Waals surface area contributed by atoms with Crippen LogP contribution in [0.2, 0.25) is 0 Å². The van der Waals surface area contributed by atoms with Crippen molar-refractivity contribution in [1.29, 1.82) is 0 Å². The average molecular weight is 490 g/mol. The summed E-state index contributed by atoms with van der Waals surface area (Å²) >= 11 is 3.35. The Hall–Kier alpha value is -2.84. The van der Waals surface area contributed by atoms with Crippen LogP contribution in [0.25, 0.3) is 0 Å². The Morgan fingerprint density at radius 1 is 0.900 bits per heavy atom. The van der Waals surface area contributed by atoms with E-state index in [4.69, 9.17) is 9.47 Å². The van der Waals surface area contributed by atoms with Gasteiger partial charge in [0, 0.05) is 0 Å². The lowest BCUT2D eigenvalue weighted by Gasteiger charge is -2.23. The molecule has 0 fully saturated rings. The zero-order chi connectivity index (χ0) is 21.6. The molecule has 0 saturated heterocycles. The summed E-state index contributed by atoms with van der Waals surface area (Å²) in [5.41, 5.74) is 0.197. The van der Waals surface area contributed by atoms with Crippen LogP contribution in [-0.2, 0) is 14.8 Å². The van der Waals surface area contributed by atoms with Gasteiger partial charge >= 0.3 is 0 Å². The molecule has 0 radical (unpaired) electrons. The standard InChI is InChI=1S/C22H20BrNO5S/c1-2-28-18-14-12-17(13-15-18)24(30(26,27)19-8-4-3-5-9-19)22(25)16-29-21-11-7-6-10-20(21)23/h3-15H,2,16H2,1H3. The summed E-state index contributed by atoms with van der Waals surface area (Å²) in [5, 5.41) is 0. The van der Waals surface area contributed by atoms with E-state index in [9.17, 15) is 13.2 Å². The fourth-order valence-corrected chi connectivity index (χ4v) is 4.55. The van der Waals surface area contributed by atoms with Crippen LogP contribution >= 0.6 is 15.9 Å². The molecule has 0 heterocycles. The number of rotatable bonds is 8. The van der Waals surface area contributed by atoms with Crippen molar-refractivity contribution in [2.75, 3.05) is 17.5 Å². The maximum absolute atomic E-state index is 13.3. The van der Waals surface area contributed by atoms with E-state index in [2.05, 4.69) is 15.9 Å². The van der Waals surface area contributed by atoms with Gasteiger partial charge < -0.3 is 9.47 Å². The maximum Gasteiger partial charge on any atom is 0.278 e. The third kappa shape index (κ3) is 5.01. The molecule has 0 aliphatic heterocycles. The lowest BCUT2D eigenvalue weighted by molar-refractivity contribution is -0.119. The van der Waals surface area contributed by atoms with Crippen molar-refractivity contribution in [3.8, 4) is 11.5 Å². The van der Waals surface area contributed by atoms with Gasteiger partial charge in [-0.1, -0.05) is 30.3 Å². The number of sulfonamides is 1. The Morgan fingerprint density at radius 3 is 2.17 bits per heavy atom. The monoisotopic (exact) mass is 489 g/mol. The number of ether oxygens (including phenoxy) is 2. The highest BCUT2D eigenvalue weighted by Crippen LogP contribution is 2.28. The fraction of sp³-hybridized carbons (Fsp3) is 0.136. The molecule has 0 aliphatic carbocycles. The number of carbonyl (C=O) groups is 1. The molecule has 0 spiro atoms. The van der Waals surface area contributed by atoms with E-state index >= 15 is 0 Å². The topological polar surface area (TPSA) is 72.9 Å². The normalized spacial score (nSPS) is 11.0. The Bertz CT molecular complexity index is 1100. The molecule has 0 aromatic heterocycles. The minimum atomic E-state index is -4.14. The Labute approximate surface area is 184 Å². The lowest BCUT2D eigenvalue weighted by atomic mass is 10.3. The van der Waals surface area contributed by atoms with Gasteiger partial charge in [-0.05, 0) is 71.4 Å². The third-order valence-corrected chi connectivity index (χ3v) is 6.50. The summed E-state index contributed by atoms with van der Waals surface area (Å²) < 4.78 is 38.9. The van der Waals surface area contributed by atoms with Gasteiger partial charge in [-0.3, -0.25) is 4.79 Å². The molecule has 0 saturated carbocycles. The molecule has 30 heavy (non-hydrogen) atoms. The van der Waals surface area contributed by atoms with Crippen LogP contribution in [0, 0.1) is 0 Å². The van der Waals surface area contributed by atoms with Crippen LogP contribution in [-0.4, -0.2) is 27.5 Å². The minimum absolute atomic E-state index is 0.00752.